The number of nitrogens with two attached hydrogens (primary N) is 1. The molecule has 0 saturated heterocycles. The van der Waals surface area contributed by atoms with Gasteiger partial charge in [-0.25, -0.2) is 9.59 Å². The second-order valence-electron chi connectivity index (χ2n) is 4.43. The summed E-state index contributed by atoms with van der Waals surface area (Å²) in [5.74, 6) is -0.388. The fourth-order valence-electron chi connectivity index (χ4n) is 1.92. The Bertz CT molecular complexity index is 559. The van der Waals surface area contributed by atoms with Crippen LogP contribution in [0.2, 0.25) is 0 Å². The summed E-state index contributed by atoms with van der Waals surface area (Å²) in [5, 5.41) is 5.41. The van der Waals surface area contributed by atoms with Crippen molar-refractivity contribution in [2.45, 2.75) is 19.9 Å². The molecular weight excluding hydrogens is 272 g/mol. The van der Waals surface area contributed by atoms with Crippen LogP contribution in [0.3, 0.4) is 0 Å². The zero-order valence-electron chi connectivity index (χ0n) is 12.6. The number of nitrogens with one attached hydrogen (secondary N) is 2. The molecule has 0 aromatic heterocycles. The highest BCUT2D eigenvalue weighted by molar-refractivity contribution is 6.14. The predicted molar refractivity (Wildman–Crippen MR) is 80.6 cm³/mol. The van der Waals surface area contributed by atoms with Crippen molar-refractivity contribution in [3.63, 3.8) is 0 Å². The molecule has 0 bridgehead atoms. The molecule has 114 valence electrons. The Labute approximate surface area is 123 Å². The van der Waals surface area contributed by atoms with E-state index in [9.17, 15) is 9.59 Å². The molecule has 4 N–H and O–H groups in total. The van der Waals surface area contributed by atoms with Gasteiger partial charge in [0.15, 0.2) is 0 Å². The van der Waals surface area contributed by atoms with Gasteiger partial charge in [-0.3, -0.25) is 4.99 Å². The van der Waals surface area contributed by atoms with Gasteiger partial charge in [-0.2, -0.15) is 0 Å². The number of amides is 2. The number of primary amides is 1. The van der Waals surface area contributed by atoms with Crippen molar-refractivity contribution in [3.05, 3.63) is 35.2 Å². The van der Waals surface area contributed by atoms with E-state index in [2.05, 4.69) is 15.6 Å². The predicted octanol–water partition coefficient (Wildman–Crippen LogP) is 0.604. The summed E-state index contributed by atoms with van der Waals surface area (Å²) < 4.78 is 4.71. The summed E-state index contributed by atoms with van der Waals surface area (Å²) in [7, 11) is 2.97. The summed E-state index contributed by atoms with van der Waals surface area (Å²) >= 11 is 0. The summed E-state index contributed by atoms with van der Waals surface area (Å²) in [6.07, 6.45) is 5.17. The number of rotatable bonds is 4. The normalized spacial score (nSPS) is 19.1. The molecule has 0 aromatic carbocycles. The SMILES string of the molecule is CN=C(C1=CC(C(=O)OC)NC=C1)/C(C)=C(\C)NC(N)=O. The van der Waals surface area contributed by atoms with E-state index >= 15 is 0 Å². The number of ether oxygens (including phenoxy) is 1. The molecule has 7 heteroatoms. The molecule has 2 amide bonds. The number of carbonyl (C=O) groups excluding carboxylic acids is 2. The van der Waals surface area contributed by atoms with Gasteiger partial charge in [0.2, 0.25) is 0 Å². The van der Waals surface area contributed by atoms with Gasteiger partial charge in [0.05, 0.1) is 12.8 Å². The number of esters is 1. The second kappa shape index (κ2) is 7.28. The highest BCUT2D eigenvalue weighted by Crippen LogP contribution is 2.16. The fraction of sp³-hybridized carbons (Fsp3) is 0.357. The van der Waals surface area contributed by atoms with Crippen LogP contribution in [0, 0.1) is 0 Å². The lowest BCUT2D eigenvalue weighted by Gasteiger charge is -2.19. The Morgan fingerprint density at radius 2 is 2.10 bits per heavy atom. The molecule has 1 aliphatic heterocycles. The Morgan fingerprint density at radius 1 is 1.43 bits per heavy atom. The minimum Gasteiger partial charge on any atom is -0.467 e. The molecule has 0 spiro atoms. The first-order chi connectivity index (χ1) is 9.90. The minimum absolute atomic E-state index is 0.388. The van der Waals surface area contributed by atoms with Crippen molar-refractivity contribution in [2.75, 3.05) is 14.2 Å². The first kappa shape index (κ1) is 16.5. The van der Waals surface area contributed by atoms with Crippen LogP contribution in [-0.4, -0.2) is 37.9 Å². The van der Waals surface area contributed by atoms with Crippen molar-refractivity contribution >= 4 is 17.7 Å². The number of hydrogen-bond acceptors (Lipinski definition) is 5. The number of urea groups is 1. The fourth-order valence-corrected chi connectivity index (χ4v) is 1.92. The lowest BCUT2D eigenvalue weighted by molar-refractivity contribution is -0.141. The third kappa shape index (κ3) is 4.20. The Balaban J connectivity index is 3.10. The summed E-state index contributed by atoms with van der Waals surface area (Å²) in [4.78, 5) is 26.7. The van der Waals surface area contributed by atoms with Crippen molar-refractivity contribution in [1.29, 1.82) is 0 Å². The van der Waals surface area contributed by atoms with Crippen molar-refractivity contribution in [3.8, 4) is 0 Å². The molecule has 1 unspecified atom stereocenters. The third-order valence-corrected chi connectivity index (χ3v) is 3.07. The highest BCUT2D eigenvalue weighted by Gasteiger charge is 2.20. The molecule has 1 rings (SSSR count). The summed E-state index contributed by atoms with van der Waals surface area (Å²) in [6.45, 7) is 3.55. The van der Waals surface area contributed by atoms with Crippen LogP contribution < -0.4 is 16.4 Å². The Hall–Kier alpha value is -2.57. The minimum atomic E-state index is -0.635. The van der Waals surface area contributed by atoms with Gasteiger partial charge < -0.3 is 21.1 Å². The summed E-state index contributed by atoms with van der Waals surface area (Å²) in [5.41, 5.74) is 7.89. The van der Waals surface area contributed by atoms with Gasteiger partial charge in [-0.05, 0) is 37.8 Å². The highest BCUT2D eigenvalue weighted by atomic mass is 16.5. The molecule has 1 heterocycles. The Morgan fingerprint density at radius 3 is 2.62 bits per heavy atom. The maximum Gasteiger partial charge on any atom is 0.332 e. The quantitative estimate of drug-likeness (QED) is 0.521. The van der Waals surface area contributed by atoms with Crippen molar-refractivity contribution in [1.82, 2.24) is 10.6 Å². The van der Waals surface area contributed by atoms with E-state index in [0.29, 0.717) is 11.4 Å². The molecule has 7 nitrogen and oxygen atoms in total. The van der Waals surface area contributed by atoms with E-state index in [1.54, 1.807) is 32.3 Å². The number of allylic oxidation sites excluding steroid dienone is 4. The lowest BCUT2D eigenvalue weighted by Crippen LogP contribution is -2.35. The molecule has 1 aliphatic rings. The number of methoxy groups -OCH3 is 1. The van der Waals surface area contributed by atoms with Crippen LogP contribution in [0.1, 0.15) is 13.8 Å². The van der Waals surface area contributed by atoms with Gasteiger partial charge in [-0.15, -0.1) is 0 Å². The molecular formula is C14H20N4O3. The molecule has 0 saturated carbocycles. The van der Waals surface area contributed by atoms with E-state index < -0.39 is 12.1 Å². The molecule has 0 radical (unpaired) electrons. The van der Waals surface area contributed by atoms with Crippen molar-refractivity contribution in [2.24, 2.45) is 10.7 Å². The zero-order valence-corrected chi connectivity index (χ0v) is 12.6. The van der Waals surface area contributed by atoms with Gasteiger partial charge in [0.25, 0.3) is 0 Å². The van der Waals surface area contributed by atoms with Gasteiger partial charge in [0.1, 0.15) is 6.04 Å². The van der Waals surface area contributed by atoms with Gasteiger partial charge in [-0.1, -0.05) is 0 Å². The topological polar surface area (TPSA) is 106 Å². The van der Waals surface area contributed by atoms with Crippen LogP contribution in [0.5, 0.6) is 0 Å². The average molecular weight is 292 g/mol. The number of dihydropyridines is 1. The van der Waals surface area contributed by atoms with Crippen LogP contribution in [0.15, 0.2) is 40.2 Å². The maximum absolute atomic E-state index is 11.6. The molecule has 0 fully saturated rings. The lowest BCUT2D eigenvalue weighted by atomic mass is 9.98. The van der Waals surface area contributed by atoms with Crippen LogP contribution >= 0.6 is 0 Å². The van der Waals surface area contributed by atoms with Gasteiger partial charge >= 0.3 is 12.0 Å². The molecule has 21 heavy (non-hydrogen) atoms. The standard InChI is InChI=1S/C14H20N4O3/c1-8(9(2)18-14(15)20)12(16-3)10-5-6-17-11(7-10)13(19)21-4/h5-7,11,17H,1-4H3,(H3,15,18,20)/b9-8+,16-12?. The maximum atomic E-state index is 11.6. The van der Waals surface area contributed by atoms with Crippen molar-refractivity contribution < 1.29 is 14.3 Å². The van der Waals surface area contributed by atoms with Crippen LogP contribution in [0.25, 0.3) is 0 Å². The van der Waals surface area contributed by atoms with Gasteiger partial charge in [0, 0.05) is 18.3 Å². The molecule has 1 atom stereocenters. The van der Waals surface area contributed by atoms with E-state index in [1.807, 2.05) is 6.92 Å². The zero-order chi connectivity index (χ0) is 16.0. The van der Waals surface area contributed by atoms with Crippen LogP contribution in [0.4, 0.5) is 4.79 Å². The number of nitrogens with zero attached hydrogens (tertiary/aromatic N) is 1. The van der Waals surface area contributed by atoms with E-state index in [-0.39, 0.29) is 5.97 Å². The third-order valence-electron chi connectivity index (χ3n) is 3.07. The van der Waals surface area contributed by atoms with E-state index in [0.717, 1.165) is 11.1 Å². The molecule has 0 aliphatic carbocycles. The second-order valence-corrected chi connectivity index (χ2v) is 4.43. The largest absolute Gasteiger partial charge is 0.467 e. The monoisotopic (exact) mass is 292 g/mol. The Kier molecular flexibility index (Phi) is 5.71. The summed E-state index contributed by atoms with van der Waals surface area (Å²) in [6, 6.07) is -1.20. The number of aliphatic imine (C=N–C) groups is 1. The average Bonchev–Trinajstić information content (AvgIpc) is 2.46. The molecule has 0 aromatic rings. The van der Waals surface area contributed by atoms with E-state index in [4.69, 9.17) is 10.5 Å². The first-order valence-electron chi connectivity index (χ1n) is 6.34. The number of hydrogen-bond donors (Lipinski definition) is 3. The van der Waals surface area contributed by atoms with E-state index in [1.165, 1.54) is 7.11 Å². The first-order valence-corrected chi connectivity index (χ1v) is 6.34. The number of carbonyl (C=O) groups is 2. The smallest absolute Gasteiger partial charge is 0.332 e. The van der Waals surface area contributed by atoms with Crippen LogP contribution in [-0.2, 0) is 9.53 Å².